The third-order valence-electron chi connectivity index (χ3n) is 4.45. The van der Waals surface area contributed by atoms with E-state index in [1.807, 2.05) is 0 Å². The predicted octanol–water partition coefficient (Wildman–Crippen LogP) is 6.83. The number of nitrogens with one attached hydrogen (secondary N) is 1. The minimum Gasteiger partial charge on any atom is -0.423 e. The van der Waals surface area contributed by atoms with Crippen molar-refractivity contribution in [2.24, 2.45) is 5.73 Å². The highest BCUT2D eigenvalue weighted by Gasteiger charge is 2.22. The Labute approximate surface area is 202 Å². The van der Waals surface area contributed by atoms with Crippen LogP contribution in [0.5, 0.6) is 5.75 Å². The standard InChI is InChI=1S/C20H27Cl5N2O3/c21-15-16(22)18(24)20(19(25)17(15)23)30-14(29)10-8-6-4-2-1-3-5-7-9-11-27-13(28)12-26/h1-12,26H2,(H,27,28). The summed E-state index contributed by atoms with van der Waals surface area (Å²) in [4.78, 5) is 23.0. The number of rotatable bonds is 14. The average molecular weight is 521 g/mol. The normalized spacial score (nSPS) is 10.9. The molecule has 0 spiro atoms. The van der Waals surface area contributed by atoms with Crippen LogP contribution >= 0.6 is 58.0 Å². The summed E-state index contributed by atoms with van der Waals surface area (Å²) < 4.78 is 5.24. The van der Waals surface area contributed by atoms with Gasteiger partial charge in [-0.3, -0.25) is 9.59 Å². The Morgan fingerprint density at radius 3 is 1.63 bits per heavy atom. The molecule has 0 atom stereocenters. The molecule has 0 saturated heterocycles. The molecule has 0 fully saturated rings. The molecule has 0 unspecified atom stereocenters. The summed E-state index contributed by atoms with van der Waals surface area (Å²) in [5, 5.41) is 2.70. The van der Waals surface area contributed by atoms with Crippen molar-refractivity contribution in [1.29, 1.82) is 0 Å². The number of nitrogens with two attached hydrogens (primary N) is 1. The maximum Gasteiger partial charge on any atom is 0.311 e. The summed E-state index contributed by atoms with van der Waals surface area (Å²) in [6, 6.07) is 0. The van der Waals surface area contributed by atoms with Crippen molar-refractivity contribution in [2.45, 2.75) is 64.2 Å². The molecule has 5 nitrogen and oxygen atoms in total. The van der Waals surface area contributed by atoms with Gasteiger partial charge in [-0.1, -0.05) is 103 Å². The van der Waals surface area contributed by atoms with Crippen LogP contribution in [-0.4, -0.2) is 25.0 Å². The fourth-order valence-corrected chi connectivity index (χ4v) is 3.97. The number of hydrogen-bond acceptors (Lipinski definition) is 4. The fraction of sp³-hybridized carbons (Fsp3) is 0.600. The Kier molecular flexibility index (Phi) is 14.2. The molecule has 0 aliphatic rings. The number of halogens is 5. The lowest BCUT2D eigenvalue weighted by atomic mass is 10.1. The lowest BCUT2D eigenvalue weighted by Gasteiger charge is -2.12. The van der Waals surface area contributed by atoms with Gasteiger partial charge in [0, 0.05) is 13.0 Å². The Balaban J connectivity index is 2.12. The molecule has 0 radical (unpaired) electrons. The molecule has 30 heavy (non-hydrogen) atoms. The van der Waals surface area contributed by atoms with E-state index in [1.165, 1.54) is 6.42 Å². The van der Waals surface area contributed by atoms with E-state index in [0.717, 1.165) is 44.9 Å². The summed E-state index contributed by atoms with van der Waals surface area (Å²) in [6.45, 7) is 0.736. The van der Waals surface area contributed by atoms with E-state index >= 15 is 0 Å². The second-order valence-electron chi connectivity index (χ2n) is 6.86. The van der Waals surface area contributed by atoms with Gasteiger partial charge in [0.1, 0.15) is 10.0 Å². The highest BCUT2D eigenvalue weighted by Crippen LogP contribution is 2.48. The van der Waals surface area contributed by atoms with Crippen molar-refractivity contribution < 1.29 is 14.3 Å². The van der Waals surface area contributed by atoms with Crippen LogP contribution in [0.4, 0.5) is 0 Å². The van der Waals surface area contributed by atoms with Gasteiger partial charge in [-0.15, -0.1) is 0 Å². The smallest absolute Gasteiger partial charge is 0.311 e. The second kappa shape index (κ2) is 15.4. The Morgan fingerprint density at radius 2 is 1.13 bits per heavy atom. The Hall–Kier alpha value is -0.430. The number of esters is 1. The van der Waals surface area contributed by atoms with Gasteiger partial charge in [0.25, 0.3) is 0 Å². The SMILES string of the molecule is NCC(=O)NCCCCCCCCCCCC(=O)Oc1c(Cl)c(Cl)c(Cl)c(Cl)c1Cl. The van der Waals surface area contributed by atoms with E-state index in [1.54, 1.807) is 0 Å². The summed E-state index contributed by atoms with van der Waals surface area (Å²) >= 11 is 29.9. The lowest BCUT2D eigenvalue weighted by Crippen LogP contribution is -2.30. The van der Waals surface area contributed by atoms with Crippen LogP contribution in [0.15, 0.2) is 0 Å². The molecule has 0 aliphatic heterocycles. The van der Waals surface area contributed by atoms with E-state index in [-0.39, 0.29) is 49.7 Å². The molecule has 3 N–H and O–H groups in total. The van der Waals surface area contributed by atoms with E-state index < -0.39 is 5.97 Å². The second-order valence-corrected chi connectivity index (χ2v) is 8.75. The Bertz CT molecular complexity index is 687. The topological polar surface area (TPSA) is 81.4 Å². The molecule has 1 rings (SSSR count). The molecule has 10 heteroatoms. The van der Waals surface area contributed by atoms with Crippen LogP contribution in [0, 0.1) is 0 Å². The summed E-state index contributed by atoms with van der Waals surface area (Å²) in [5.41, 5.74) is 5.22. The zero-order valence-corrected chi connectivity index (χ0v) is 20.5. The van der Waals surface area contributed by atoms with Crippen LogP contribution in [0.25, 0.3) is 0 Å². The first-order chi connectivity index (χ1) is 14.3. The molecule has 0 aromatic heterocycles. The molecule has 1 amide bonds. The van der Waals surface area contributed by atoms with Crippen molar-refractivity contribution in [2.75, 3.05) is 13.1 Å². The van der Waals surface area contributed by atoms with Crippen molar-refractivity contribution >= 4 is 69.9 Å². The highest BCUT2D eigenvalue weighted by atomic mass is 35.5. The van der Waals surface area contributed by atoms with Crippen LogP contribution in [-0.2, 0) is 9.59 Å². The maximum atomic E-state index is 12.1. The molecule has 0 saturated carbocycles. The first-order valence-corrected chi connectivity index (χ1v) is 11.9. The Morgan fingerprint density at radius 1 is 0.700 bits per heavy atom. The van der Waals surface area contributed by atoms with Crippen LogP contribution in [0.2, 0.25) is 25.1 Å². The number of benzene rings is 1. The first kappa shape index (κ1) is 27.6. The van der Waals surface area contributed by atoms with Gasteiger partial charge in [-0.05, 0) is 12.8 Å². The van der Waals surface area contributed by atoms with Gasteiger partial charge in [0.15, 0.2) is 5.75 Å². The summed E-state index contributed by atoms with van der Waals surface area (Å²) in [5.74, 6) is -0.619. The van der Waals surface area contributed by atoms with Crippen molar-refractivity contribution in [3.05, 3.63) is 25.1 Å². The molecular weight excluding hydrogens is 493 g/mol. The third-order valence-corrected chi connectivity index (χ3v) is 6.69. The average Bonchev–Trinajstić information content (AvgIpc) is 2.74. The van der Waals surface area contributed by atoms with Gasteiger partial charge in [0.05, 0.1) is 21.6 Å². The van der Waals surface area contributed by atoms with Crippen molar-refractivity contribution in [3.63, 3.8) is 0 Å². The number of ether oxygens (including phenoxy) is 1. The van der Waals surface area contributed by atoms with Crippen LogP contribution < -0.4 is 15.8 Å². The number of unbranched alkanes of at least 4 members (excludes halogenated alkanes) is 8. The summed E-state index contributed by atoms with van der Waals surface area (Å²) in [6.07, 6.45) is 9.63. The van der Waals surface area contributed by atoms with E-state index in [9.17, 15) is 9.59 Å². The number of amides is 1. The van der Waals surface area contributed by atoms with Gasteiger partial charge < -0.3 is 15.8 Å². The fourth-order valence-electron chi connectivity index (χ4n) is 2.77. The zero-order valence-electron chi connectivity index (χ0n) is 16.7. The first-order valence-electron chi connectivity index (χ1n) is 9.98. The highest BCUT2D eigenvalue weighted by molar-refractivity contribution is 6.55. The number of hydrogen-bond donors (Lipinski definition) is 2. The quantitative estimate of drug-likeness (QED) is 0.0926. The lowest BCUT2D eigenvalue weighted by molar-refractivity contribution is -0.134. The number of carbonyl (C=O) groups is 2. The van der Waals surface area contributed by atoms with E-state index in [0.29, 0.717) is 13.0 Å². The minimum atomic E-state index is -0.449. The van der Waals surface area contributed by atoms with Crippen molar-refractivity contribution in [3.8, 4) is 5.75 Å². The van der Waals surface area contributed by atoms with Gasteiger partial charge >= 0.3 is 5.97 Å². The molecular formula is C20H27Cl5N2O3. The largest absolute Gasteiger partial charge is 0.423 e. The van der Waals surface area contributed by atoms with E-state index in [4.69, 9.17) is 68.5 Å². The monoisotopic (exact) mass is 518 g/mol. The van der Waals surface area contributed by atoms with Crippen LogP contribution in [0.1, 0.15) is 64.2 Å². The van der Waals surface area contributed by atoms with Crippen LogP contribution in [0.3, 0.4) is 0 Å². The minimum absolute atomic E-state index is 0.00385. The van der Waals surface area contributed by atoms with Crippen molar-refractivity contribution in [1.82, 2.24) is 5.32 Å². The maximum absolute atomic E-state index is 12.1. The van der Waals surface area contributed by atoms with Gasteiger partial charge in [-0.25, -0.2) is 0 Å². The van der Waals surface area contributed by atoms with Gasteiger partial charge in [0.2, 0.25) is 5.91 Å². The molecule has 1 aromatic rings. The molecule has 1 aromatic carbocycles. The third kappa shape index (κ3) is 9.80. The summed E-state index contributed by atoms with van der Waals surface area (Å²) in [7, 11) is 0. The molecule has 0 heterocycles. The molecule has 0 bridgehead atoms. The molecule has 170 valence electrons. The number of carbonyl (C=O) groups excluding carboxylic acids is 2. The molecule has 0 aliphatic carbocycles. The van der Waals surface area contributed by atoms with Gasteiger partial charge in [-0.2, -0.15) is 0 Å². The predicted molar refractivity (Wildman–Crippen MR) is 125 cm³/mol. The van der Waals surface area contributed by atoms with E-state index in [2.05, 4.69) is 5.32 Å². The zero-order chi connectivity index (χ0) is 22.5.